The molecule has 3 heteroatoms. The molecule has 1 aromatic heterocycles. The molecule has 0 unspecified atom stereocenters. The molecule has 1 saturated carbocycles. The van der Waals surface area contributed by atoms with Gasteiger partial charge in [-0.2, -0.15) is 0 Å². The van der Waals surface area contributed by atoms with Crippen LogP contribution >= 0.6 is 0 Å². The van der Waals surface area contributed by atoms with Gasteiger partial charge in [0.2, 0.25) is 0 Å². The van der Waals surface area contributed by atoms with Crippen LogP contribution in [0.3, 0.4) is 0 Å². The van der Waals surface area contributed by atoms with Gasteiger partial charge < -0.3 is 9.72 Å². The van der Waals surface area contributed by atoms with E-state index in [1.165, 1.54) is 18.5 Å². The van der Waals surface area contributed by atoms with Crippen LogP contribution in [-0.4, -0.2) is 22.7 Å². The van der Waals surface area contributed by atoms with Gasteiger partial charge in [0.15, 0.2) is 0 Å². The summed E-state index contributed by atoms with van der Waals surface area (Å²) in [5.41, 5.74) is 1.20. The molecular formula is C9H14N2O. The van der Waals surface area contributed by atoms with E-state index in [0.29, 0.717) is 6.10 Å². The molecule has 0 bridgehead atoms. The normalized spacial score (nSPS) is 16.7. The predicted molar refractivity (Wildman–Crippen MR) is 45.9 cm³/mol. The molecule has 0 radical (unpaired) electrons. The molecule has 0 atom stereocenters. The first kappa shape index (κ1) is 7.80. The van der Waals surface area contributed by atoms with Gasteiger partial charge in [-0.05, 0) is 25.7 Å². The lowest BCUT2D eigenvalue weighted by Gasteiger charge is -1.99. The van der Waals surface area contributed by atoms with Crippen molar-refractivity contribution in [3.05, 3.63) is 18.2 Å². The third-order valence-corrected chi connectivity index (χ3v) is 2.02. The second kappa shape index (κ2) is 3.72. The Kier molecular flexibility index (Phi) is 2.42. The molecule has 0 spiro atoms. The maximum absolute atomic E-state index is 5.52. The summed E-state index contributed by atoms with van der Waals surface area (Å²) in [6, 6.07) is 0. The standard InChI is InChI=1S/C9H14N2O/c1(5-12-9-3-4-9)2-8-6-10-7-11-8/h6-7,9H,1-5H2,(H,10,11). The third-order valence-electron chi connectivity index (χ3n) is 2.02. The molecule has 1 fully saturated rings. The summed E-state index contributed by atoms with van der Waals surface area (Å²) in [5.74, 6) is 0. The predicted octanol–water partition coefficient (Wildman–Crippen LogP) is 1.52. The number of H-pyrrole nitrogens is 1. The van der Waals surface area contributed by atoms with E-state index in [1.807, 2.05) is 6.20 Å². The van der Waals surface area contributed by atoms with Gasteiger partial charge in [-0.15, -0.1) is 0 Å². The van der Waals surface area contributed by atoms with Crippen molar-refractivity contribution in [3.8, 4) is 0 Å². The van der Waals surface area contributed by atoms with Crippen LogP contribution in [-0.2, 0) is 11.2 Å². The highest BCUT2D eigenvalue weighted by Gasteiger charge is 2.21. The SMILES string of the molecule is c1ncc(CCCOC2CC2)[nH]1. The van der Waals surface area contributed by atoms with Crippen LogP contribution in [0.5, 0.6) is 0 Å². The first-order valence-electron chi connectivity index (χ1n) is 4.54. The van der Waals surface area contributed by atoms with Crippen molar-refractivity contribution in [2.24, 2.45) is 0 Å². The van der Waals surface area contributed by atoms with Crippen LogP contribution in [0.25, 0.3) is 0 Å². The highest BCUT2D eigenvalue weighted by molar-refractivity contribution is 4.93. The fraction of sp³-hybridized carbons (Fsp3) is 0.667. The average Bonchev–Trinajstić information content (AvgIpc) is 2.76. The zero-order chi connectivity index (χ0) is 8.23. The van der Waals surface area contributed by atoms with Gasteiger partial charge in [0.25, 0.3) is 0 Å². The minimum Gasteiger partial charge on any atom is -0.378 e. The van der Waals surface area contributed by atoms with E-state index in [9.17, 15) is 0 Å². The summed E-state index contributed by atoms with van der Waals surface area (Å²) in [4.78, 5) is 7.03. The van der Waals surface area contributed by atoms with E-state index in [0.717, 1.165) is 19.4 Å². The molecule has 1 heterocycles. The number of nitrogens with zero attached hydrogens (tertiary/aromatic N) is 1. The number of ether oxygens (including phenoxy) is 1. The molecule has 1 aromatic rings. The molecule has 0 amide bonds. The second-order valence-corrected chi connectivity index (χ2v) is 3.25. The van der Waals surface area contributed by atoms with Crippen molar-refractivity contribution in [2.45, 2.75) is 31.8 Å². The highest BCUT2D eigenvalue weighted by atomic mass is 16.5. The van der Waals surface area contributed by atoms with Crippen LogP contribution < -0.4 is 0 Å². The summed E-state index contributed by atoms with van der Waals surface area (Å²) < 4.78 is 5.52. The Morgan fingerprint density at radius 2 is 2.50 bits per heavy atom. The average molecular weight is 166 g/mol. The van der Waals surface area contributed by atoms with Crippen LogP contribution in [0.2, 0.25) is 0 Å². The molecule has 0 aliphatic heterocycles. The van der Waals surface area contributed by atoms with Crippen LogP contribution in [0.1, 0.15) is 25.0 Å². The fourth-order valence-electron chi connectivity index (χ4n) is 1.17. The Hall–Kier alpha value is -0.830. The maximum atomic E-state index is 5.52. The monoisotopic (exact) mass is 166 g/mol. The molecule has 66 valence electrons. The van der Waals surface area contributed by atoms with Crippen molar-refractivity contribution >= 4 is 0 Å². The molecule has 0 aromatic carbocycles. The lowest BCUT2D eigenvalue weighted by Crippen LogP contribution is -1.98. The van der Waals surface area contributed by atoms with Crippen molar-refractivity contribution in [1.82, 2.24) is 9.97 Å². The largest absolute Gasteiger partial charge is 0.378 e. The topological polar surface area (TPSA) is 37.9 Å². The first-order chi connectivity index (χ1) is 5.95. The second-order valence-electron chi connectivity index (χ2n) is 3.25. The van der Waals surface area contributed by atoms with E-state index in [4.69, 9.17) is 4.74 Å². The fourth-order valence-corrected chi connectivity index (χ4v) is 1.17. The van der Waals surface area contributed by atoms with Gasteiger partial charge in [-0.3, -0.25) is 0 Å². The number of aromatic amines is 1. The van der Waals surface area contributed by atoms with Gasteiger partial charge in [0.1, 0.15) is 0 Å². The highest BCUT2D eigenvalue weighted by Crippen LogP contribution is 2.23. The van der Waals surface area contributed by atoms with Gasteiger partial charge in [0, 0.05) is 18.5 Å². The van der Waals surface area contributed by atoms with Gasteiger partial charge in [0.05, 0.1) is 12.4 Å². The Balaban J connectivity index is 1.56. The van der Waals surface area contributed by atoms with Crippen LogP contribution in [0, 0.1) is 0 Å². The number of hydrogen-bond donors (Lipinski definition) is 1. The van der Waals surface area contributed by atoms with Crippen molar-refractivity contribution < 1.29 is 4.74 Å². The van der Waals surface area contributed by atoms with E-state index in [1.54, 1.807) is 6.33 Å². The van der Waals surface area contributed by atoms with E-state index in [-0.39, 0.29) is 0 Å². The van der Waals surface area contributed by atoms with E-state index >= 15 is 0 Å². The van der Waals surface area contributed by atoms with E-state index in [2.05, 4.69) is 9.97 Å². The van der Waals surface area contributed by atoms with Gasteiger partial charge in [-0.1, -0.05) is 0 Å². The molecule has 3 nitrogen and oxygen atoms in total. The Labute approximate surface area is 72.2 Å². The lowest BCUT2D eigenvalue weighted by molar-refractivity contribution is 0.117. The molecule has 2 rings (SSSR count). The summed E-state index contributed by atoms with van der Waals surface area (Å²) in [7, 11) is 0. The number of nitrogens with one attached hydrogen (secondary N) is 1. The quantitative estimate of drug-likeness (QED) is 0.673. The van der Waals surface area contributed by atoms with Gasteiger partial charge in [-0.25, -0.2) is 4.98 Å². The minimum atomic E-state index is 0.590. The van der Waals surface area contributed by atoms with Crippen LogP contribution in [0.4, 0.5) is 0 Å². The van der Waals surface area contributed by atoms with Crippen molar-refractivity contribution in [1.29, 1.82) is 0 Å². The number of imidazole rings is 1. The Morgan fingerprint density at radius 3 is 3.17 bits per heavy atom. The summed E-state index contributed by atoms with van der Waals surface area (Å²) in [6.07, 6.45) is 8.86. The number of aryl methyl sites for hydroxylation is 1. The lowest BCUT2D eigenvalue weighted by atomic mass is 10.3. The van der Waals surface area contributed by atoms with Crippen molar-refractivity contribution in [3.63, 3.8) is 0 Å². The molecule has 1 N–H and O–H groups in total. The first-order valence-corrected chi connectivity index (χ1v) is 4.54. The zero-order valence-electron chi connectivity index (χ0n) is 7.12. The molecule has 1 aliphatic carbocycles. The summed E-state index contributed by atoms with van der Waals surface area (Å²) in [6.45, 7) is 0.893. The van der Waals surface area contributed by atoms with Crippen molar-refractivity contribution in [2.75, 3.05) is 6.61 Å². The third kappa shape index (κ3) is 2.34. The molecule has 0 saturated heterocycles. The van der Waals surface area contributed by atoms with Crippen LogP contribution in [0.15, 0.2) is 12.5 Å². The summed E-state index contributed by atoms with van der Waals surface area (Å²) >= 11 is 0. The molecule has 1 aliphatic rings. The minimum absolute atomic E-state index is 0.590. The van der Waals surface area contributed by atoms with E-state index < -0.39 is 0 Å². The number of hydrogen-bond acceptors (Lipinski definition) is 2. The maximum Gasteiger partial charge on any atom is 0.0921 e. The van der Waals surface area contributed by atoms with Gasteiger partial charge >= 0.3 is 0 Å². The summed E-state index contributed by atoms with van der Waals surface area (Å²) in [5, 5.41) is 0. The Morgan fingerprint density at radius 1 is 1.58 bits per heavy atom. The Bertz CT molecular complexity index is 216. The number of rotatable bonds is 5. The molecule has 12 heavy (non-hydrogen) atoms. The smallest absolute Gasteiger partial charge is 0.0921 e. The number of aromatic nitrogens is 2. The zero-order valence-corrected chi connectivity index (χ0v) is 7.12. The molecular weight excluding hydrogens is 152 g/mol.